The average molecular weight is 334 g/mol. The first-order chi connectivity index (χ1) is 11.1. The van der Waals surface area contributed by atoms with Crippen LogP contribution >= 0.6 is 11.6 Å². The summed E-state index contributed by atoms with van der Waals surface area (Å²) in [5, 5.41) is 17.2. The van der Waals surface area contributed by atoms with Gasteiger partial charge in [0.2, 0.25) is 5.82 Å². The van der Waals surface area contributed by atoms with E-state index in [2.05, 4.69) is 15.5 Å². The molecular formula is C16H13ClFN3O2. The van der Waals surface area contributed by atoms with Crippen molar-refractivity contribution in [3.63, 3.8) is 0 Å². The second kappa shape index (κ2) is 6.76. The summed E-state index contributed by atoms with van der Waals surface area (Å²) >= 11 is 5.92. The third-order valence-electron chi connectivity index (χ3n) is 3.22. The van der Waals surface area contributed by atoms with Crippen molar-refractivity contribution in [1.29, 1.82) is 0 Å². The zero-order valence-corrected chi connectivity index (χ0v) is 12.7. The van der Waals surface area contributed by atoms with Gasteiger partial charge in [-0.15, -0.1) is 0 Å². The Labute approximate surface area is 136 Å². The highest BCUT2D eigenvalue weighted by Crippen LogP contribution is 2.22. The lowest BCUT2D eigenvalue weighted by Gasteiger charge is -2.11. The molecule has 0 aliphatic rings. The highest BCUT2D eigenvalue weighted by Gasteiger charge is 2.14. The van der Waals surface area contributed by atoms with E-state index in [1.54, 1.807) is 36.4 Å². The molecular weight excluding hydrogens is 321 g/mol. The number of aliphatic hydroxyl groups is 1. The van der Waals surface area contributed by atoms with Crippen LogP contribution in [0.4, 0.5) is 10.4 Å². The molecule has 23 heavy (non-hydrogen) atoms. The SMILES string of the molecule is OC(CNc1nc(-c2cccc(Cl)c2)no1)c1ccccc1F. The zero-order valence-electron chi connectivity index (χ0n) is 11.9. The molecule has 2 aromatic carbocycles. The highest BCUT2D eigenvalue weighted by molar-refractivity contribution is 6.30. The van der Waals surface area contributed by atoms with Gasteiger partial charge in [-0.05, 0) is 18.2 Å². The first-order valence-electron chi connectivity index (χ1n) is 6.89. The van der Waals surface area contributed by atoms with Gasteiger partial charge in [-0.25, -0.2) is 4.39 Å². The van der Waals surface area contributed by atoms with Gasteiger partial charge in [-0.1, -0.05) is 47.1 Å². The fourth-order valence-corrected chi connectivity index (χ4v) is 2.27. The van der Waals surface area contributed by atoms with Crippen LogP contribution in [-0.2, 0) is 0 Å². The molecule has 0 bridgehead atoms. The van der Waals surface area contributed by atoms with Crippen LogP contribution in [0.5, 0.6) is 0 Å². The molecule has 118 valence electrons. The van der Waals surface area contributed by atoms with E-state index in [9.17, 15) is 9.50 Å². The normalized spacial score (nSPS) is 12.1. The molecule has 1 atom stereocenters. The lowest BCUT2D eigenvalue weighted by molar-refractivity contribution is 0.185. The highest BCUT2D eigenvalue weighted by atomic mass is 35.5. The Morgan fingerprint density at radius 3 is 2.83 bits per heavy atom. The number of anilines is 1. The predicted octanol–water partition coefficient (Wildman–Crippen LogP) is 3.67. The molecule has 1 unspecified atom stereocenters. The number of benzene rings is 2. The van der Waals surface area contributed by atoms with Crippen LogP contribution in [-0.4, -0.2) is 21.8 Å². The molecule has 0 saturated heterocycles. The van der Waals surface area contributed by atoms with Crippen LogP contribution < -0.4 is 5.32 Å². The fourth-order valence-electron chi connectivity index (χ4n) is 2.08. The van der Waals surface area contributed by atoms with E-state index in [-0.39, 0.29) is 18.1 Å². The summed E-state index contributed by atoms with van der Waals surface area (Å²) in [6.07, 6.45) is -1.03. The van der Waals surface area contributed by atoms with Gasteiger partial charge in [0.1, 0.15) is 5.82 Å². The monoisotopic (exact) mass is 333 g/mol. The summed E-state index contributed by atoms with van der Waals surface area (Å²) in [6, 6.07) is 13.2. The lowest BCUT2D eigenvalue weighted by Crippen LogP contribution is -2.13. The van der Waals surface area contributed by atoms with Crippen molar-refractivity contribution < 1.29 is 14.0 Å². The predicted molar refractivity (Wildman–Crippen MR) is 84.6 cm³/mol. The van der Waals surface area contributed by atoms with Gasteiger partial charge in [0.15, 0.2) is 0 Å². The molecule has 0 aliphatic heterocycles. The second-order valence-electron chi connectivity index (χ2n) is 4.85. The number of rotatable bonds is 5. The molecule has 0 radical (unpaired) electrons. The Bertz CT molecular complexity index is 809. The van der Waals surface area contributed by atoms with E-state index >= 15 is 0 Å². The van der Waals surface area contributed by atoms with Crippen molar-refractivity contribution in [2.24, 2.45) is 0 Å². The van der Waals surface area contributed by atoms with Gasteiger partial charge < -0.3 is 14.9 Å². The van der Waals surface area contributed by atoms with E-state index in [1.807, 2.05) is 0 Å². The molecule has 0 amide bonds. The van der Waals surface area contributed by atoms with Gasteiger partial charge in [0.25, 0.3) is 0 Å². The van der Waals surface area contributed by atoms with Gasteiger partial charge in [0.05, 0.1) is 6.10 Å². The van der Waals surface area contributed by atoms with Crippen LogP contribution in [0.3, 0.4) is 0 Å². The number of hydrogen-bond donors (Lipinski definition) is 2. The third-order valence-corrected chi connectivity index (χ3v) is 3.45. The number of aliphatic hydroxyl groups excluding tert-OH is 1. The van der Waals surface area contributed by atoms with Crippen molar-refractivity contribution in [1.82, 2.24) is 10.1 Å². The van der Waals surface area contributed by atoms with Crippen LogP contribution in [0.1, 0.15) is 11.7 Å². The van der Waals surface area contributed by atoms with Crippen molar-refractivity contribution >= 4 is 17.6 Å². The molecule has 2 N–H and O–H groups in total. The lowest BCUT2D eigenvalue weighted by atomic mass is 10.1. The van der Waals surface area contributed by atoms with Gasteiger partial charge in [0, 0.05) is 22.7 Å². The topological polar surface area (TPSA) is 71.2 Å². The van der Waals surface area contributed by atoms with Gasteiger partial charge in [-0.2, -0.15) is 4.98 Å². The smallest absolute Gasteiger partial charge is 0.321 e. The molecule has 0 spiro atoms. The summed E-state index contributed by atoms with van der Waals surface area (Å²) in [4.78, 5) is 4.16. The van der Waals surface area contributed by atoms with E-state index < -0.39 is 11.9 Å². The van der Waals surface area contributed by atoms with Crippen molar-refractivity contribution in [3.8, 4) is 11.4 Å². The minimum atomic E-state index is -1.03. The van der Waals surface area contributed by atoms with Crippen LogP contribution in [0.2, 0.25) is 5.02 Å². The van der Waals surface area contributed by atoms with Crippen LogP contribution in [0.25, 0.3) is 11.4 Å². The molecule has 0 aliphatic carbocycles. The first-order valence-corrected chi connectivity index (χ1v) is 7.27. The molecule has 0 fully saturated rings. The molecule has 1 aromatic heterocycles. The molecule has 3 aromatic rings. The average Bonchev–Trinajstić information content (AvgIpc) is 3.02. The van der Waals surface area contributed by atoms with Crippen molar-refractivity contribution in [3.05, 3.63) is 64.9 Å². The van der Waals surface area contributed by atoms with E-state index in [1.165, 1.54) is 12.1 Å². The maximum Gasteiger partial charge on any atom is 0.321 e. The van der Waals surface area contributed by atoms with Crippen molar-refractivity contribution in [2.45, 2.75) is 6.10 Å². The molecule has 0 saturated carbocycles. The summed E-state index contributed by atoms with van der Waals surface area (Å²) in [5.74, 6) is -0.0951. The van der Waals surface area contributed by atoms with E-state index in [0.717, 1.165) is 0 Å². The van der Waals surface area contributed by atoms with Gasteiger partial charge in [-0.3, -0.25) is 0 Å². The Morgan fingerprint density at radius 1 is 1.22 bits per heavy atom. The molecule has 1 heterocycles. The quantitative estimate of drug-likeness (QED) is 0.745. The summed E-state index contributed by atoms with van der Waals surface area (Å²) < 4.78 is 18.6. The standard InChI is InChI=1S/C16H13ClFN3O2/c17-11-5-3-4-10(8-11)15-20-16(23-21-15)19-9-14(22)12-6-1-2-7-13(12)18/h1-8,14,22H,9H2,(H,19,20,21). The summed E-state index contributed by atoms with van der Waals surface area (Å²) in [5.41, 5.74) is 0.915. The van der Waals surface area contributed by atoms with Crippen LogP contribution in [0, 0.1) is 5.82 Å². The molecule has 7 heteroatoms. The summed E-state index contributed by atoms with van der Waals surface area (Å²) in [7, 11) is 0. The van der Waals surface area contributed by atoms with E-state index in [4.69, 9.17) is 16.1 Å². The first kappa shape index (κ1) is 15.5. The minimum absolute atomic E-state index is 0.0398. The van der Waals surface area contributed by atoms with Gasteiger partial charge >= 0.3 is 6.01 Å². The van der Waals surface area contributed by atoms with Crippen molar-refractivity contribution in [2.75, 3.05) is 11.9 Å². The molecule has 5 nitrogen and oxygen atoms in total. The van der Waals surface area contributed by atoms with E-state index in [0.29, 0.717) is 16.4 Å². The molecule has 3 rings (SSSR count). The number of nitrogens with zero attached hydrogens (tertiary/aromatic N) is 2. The maximum atomic E-state index is 13.6. The number of halogens is 2. The Morgan fingerprint density at radius 2 is 2.04 bits per heavy atom. The number of nitrogens with one attached hydrogen (secondary N) is 1. The maximum absolute atomic E-state index is 13.6. The Hall–Kier alpha value is -2.44. The third kappa shape index (κ3) is 3.67. The zero-order chi connectivity index (χ0) is 16.2. The summed E-state index contributed by atoms with van der Waals surface area (Å²) in [6.45, 7) is 0.0398. The van der Waals surface area contributed by atoms with Crippen LogP contribution in [0.15, 0.2) is 53.1 Å². The Kier molecular flexibility index (Phi) is 4.55. The largest absolute Gasteiger partial charge is 0.386 e. The number of aromatic nitrogens is 2. The minimum Gasteiger partial charge on any atom is -0.386 e. The Balaban J connectivity index is 1.67. The number of hydrogen-bond acceptors (Lipinski definition) is 5. The fraction of sp³-hybridized carbons (Fsp3) is 0.125. The second-order valence-corrected chi connectivity index (χ2v) is 5.29.